The first-order valence-electron chi connectivity index (χ1n) is 8.19. The molecule has 1 amide bonds. The molecule has 6 heteroatoms. The van der Waals surface area contributed by atoms with Crippen molar-refractivity contribution in [2.24, 2.45) is 0 Å². The zero-order valence-electron chi connectivity index (χ0n) is 14.2. The van der Waals surface area contributed by atoms with E-state index in [4.69, 9.17) is 4.74 Å². The number of nitrogens with zero attached hydrogens (tertiary/aromatic N) is 1. The molecule has 0 aliphatic rings. The van der Waals surface area contributed by atoms with Crippen molar-refractivity contribution in [1.29, 1.82) is 0 Å². The maximum Gasteiger partial charge on any atom is 0.407 e. The Morgan fingerprint density at radius 3 is 2.75 bits per heavy atom. The minimum Gasteiger partial charge on any atom is -0.444 e. The number of carbonyl (C=O) groups is 1. The standard InChI is InChI=1S/C18H25N3O2S/c1-14(19-2)8-9-16(10-15-6-4-3-5-7-15)21-18(22)23-12-17-11-20-13-24-17/h3-7,11,13-14,16,19H,8-10,12H2,1-2H3,(H,21,22)/t14-,16+/m0/s1. The van der Waals surface area contributed by atoms with E-state index in [0.29, 0.717) is 6.04 Å². The van der Waals surface area contributed by atoms with Gasteiger partial charge in [-0.3, -0.25) is 4.98 Å². The minimum atomic E-state index is -0.374. The highest BCUT2D eigenvalue weighted by molar-refractivity contribution is 7.09. The molecule has 130 valence electrons. The molecule has 0 saturated carbocycles. The number of thiazole rings is 1. The minimum absolute atomic E-state index is 0.0529. The highest BCUT2D eigenvalue weighted by atomic mass is 32.1. The maximum atomic E-state index is 12.1. The fraction of sp³-hybridized carbons (Fsp3) is 0.444. The summed E-state index contributed by atoms with van der Waals surface area (Å²) in [6, 6.07) is 10.7. The molecule has 1 heterocycles. The summed E-state index contributed by atoms with van der Waals surface area (Å²) in [7, 11) is 1.95. The molecule has 24 heavy (non-hydrogen) atoms. The lowest BCUT2D eigenvalue weighted by Crippen LogP contribution is -2.38. The normalized spacial score (nSPS) is 13.2. The Morgan fingerprint density at radius 2 is 2.08 bits per heavy atom. The van der Waals surface area contributed by atoms with Crippen LogP contribution >= 0.6 is 11.3 Å². The van der Waals surface area contributed by atoms with Crippen molar-refractivity contribution < 1.29 is 9.53 Å². The molecule has 5 nitrogen and oxygen atoms in total. The predicted molar refractivity (Wildman–Crippen MR) is 97.1 cm³/mol. The topological polar surface area (TPSA) is 63.2 Å². The van der Waals surface area contributed by atoms with Gasteiger partial charge in [0.15, 0.2) is 0 Å². The average molecular weight is 347 g/mol. The maximum absolute atomic E-state index is 12.1. The second-order valence-corrected chi connectivity index (χ2v) is 6.81. The highest BCUT2D eigenvalue weighted by Gasteiger charge is 2.15. The van der Waals surface area contributed by atoms with Crippen LogP contribution in [0.25, 0.3) is 0 Å². The van der Waals surface area contributed by atoms with Crippen LogP contribution in [0.1, 0.15) is 30.2 Å². The van der Waals surface area contributed by atoms with E-state index >= 15 is 0 Å². The van der Waals surface area contributed by atoms with Gasteiger partial charge in [-0.1, -0.05) is 30.3 Å². The van der Waals surface area contributed by atoms with Crippen LogP contribution in [0.2, 0.25) is 0 Å². The Bertz CT molecular complexity index is 590. The van der Waals surface area contributed by atoms with E-state index in [1.165, 1.54) is 16.9 Å². The second-order valence-electron chi connectivity index (χ2n) is 5.84. The number of ether oxygens (including phenoxy) is 1. The van der Waals surface area contributed by atoms with Crippen molar-refractivity contribution >= 4 is 17.4 Å². The first kappa shape index (κ1) is 18.4. The van der Waals surface area contributed by atoms with Crippen LogP contribution in [0.3, 0.4) is 0 Å². The molecular weight excluding hydrogens is 322 g/mol. The fourth-order valence-electron chi connectivity index (χ4n) is 2.38. The lowest BCUT2D eigenvalue weighted by molar-refractivity contribution is 0.135. The quantitative estimate of drug-likeness (QED) is 0.730. The van der Waals surface area contributed by atoms with Crippen LogP contribution < -0.4 is 10.6 Å². The van der Waals surface area contributed by atoms with Gasteiger partial charge in [0.2, 0.25) is 0 Å². The van der Waals surface area contributed by atoms with E-state index in [9.17, 15) is 4.79 Å². The summed E-state index contributed by atoms with van der Waals surface area (Å²) in [5.74, 6) is 0. The molecule has 2 aromatic rings. The van der Waals surface area contributed by atoms with Gasteiger partial charge < -0.3 is 15.4 Å². The molecule has 2 N–H and O–H groups in total. The Labute approximate surface area is 147 Å². The number of hydrogen-bond donors (Lipinski definition) is 2. The van der Waals surface area contributed by atoms with Gasteiger partial charge in [-0.2, -0.15) is 0 Å². The molecule has 0 spiro atoms. The Hall–Kier alpha value is -1.92. The van der Waals surface area contributed by atoms with Crippen molar-refractivity contribution in [2.45, 2.75) is 44.9 Å². The lowest BCUT2D eigenvalue weighted by Gasteiger charge is -2.20. The van der Waals surface area contributed by atoms with Gasteiger partial charge in [0.05, 0.1) is 10.4 Å². The monoisotopic (exact) mass is 347 g/mol. The number of alkyl carbamates (subject to hydrolysis) is 1. The van der Waals surface area contributed by atoms with Gasteiger partial charge in [-0.15, -0.1) is 11.3 Å². The van der Waals surface area contributed by atoms with Gasteiger partial charge in [-0.05, 0) is 38.8 Å². The Balaban J connectivity index is 1.87. The number of rotatable bonds is 9. The molecule has 1 aromatic carbocycles. The van der Waals surface area contributed by atoms with Gasteiger partial charge in [0, 0.05) is 18.3 Å². The van der Waals surface area contributed by atoms with Crippen molar-refractivity contribution in [2.75, 3.05) is 7.05 Å². The summed E-state index contributed by atoms with van der Waals surface area (Å²) in [5.41, 5.74) is 2.94. The van der Waals surface area contributed by atoms with Crippen LogP contribution in [0.5, 0.6) is 0 Å². The summed E-state index contributed by atoms with van der Waals surface area (Å²) < 4.78 is 5.29. The van der Waals surface area contributed by atoms with E-state index in [1.54, 1.807) is 11.7 Å². The summed E-state index contributed by atoms with van der Waals surface area (Å²) in [6.45, 7) is 2.41. The molecule has 0 aliphatic carbocycles. The van der Waals surface area contributed by atoms with E-state index in [1.807, 2.05) is 25.2 Å². The SMILES string of the molecule is CN[C@@H](C)CC[C@H](Cc1ccccc1)NC(=O)OCc1cncs1. The number of nitrogens with one attached hydrogen (secondary N) is 2. The third-order valence-corrected chi connectivity index (χ3v) is 4.67. The van der Waals surface area contributed by atoms with Crippen molar-refractivity contribution in [3.05, 3.63) is 52.5 Å². The summed E-state index contributed by atoms with van der Waals surface area (Å²) in [6.07, 6.45) is 4.03. The van der Waals surface area contributed by atoms with Crippen LogP contribution in [0.15, 0.2) is 42.0 Å². The van der Waals surface area contributed by atoms with E-state index in [0.717, 1.165) is 24.1 Å². The van der Waals surface area contributed by atoms with Gasteiger partial charge >= 0.3 is 6.09 Å². The third kappa shape index (κ3) is 6.68. The molecule has 0 saturated heterocycles. The summed E-state index contributed by atoms with van der Waals surface area (Å²) >= 11 is 1.48. The smallest absolute Gasteiger partial charge is 0.407 e. The Kier molecular flexibility index (Phi) is 7.71. The van der Waals surface area contributed by atoms with Crippen molar-refractivity contribution in [3.8, 4) is 0 Å². The molecule has 1 aromatic heterocycles. The van der Waals surface area contributed by atoms with E-state index in [-0.39, 0.29) is 18.7 Å². The fourth-order valence-corrected chi connectivity index (χ4v) is 2.88. The van der Waals surface area contributed by atoms with Gasteiger partial charge in [0.25, 0.3) is 0 Å². The molecule has 0 bridgehead atoms. The molecular formula is C18H25N3O2S. The van der Waals surface area contributed by atoms with Gasteiger partial charge in [-0.25, -0.2) is 4.79 Å². The van der Waals surface area contributed by atoms with E-state index < -0.39 is 0 Å². The summed E-state index contributed by atoms with van der Waals surface area (Å²) in [5, 5.41) is 6.23. The number of carbonyl (C=O) groups excluding carboxylic acids is 1. The lowest BCUT2D eigenvalue weighted by atomic mass is 10.00. The number of benzene rings is 1. The zero-order valence-corrected chi connectivity index (χ0v) is 15.0. The average Bonchev–Trinajstić information content (AvgIpc) is 3.12. The molecule has 0 radical (unpaired) electrons. The predicted octanol–water partition coefficient (Wildman–Crippen LogP) is 3.37. The Morgan fingerprint density at radius 1 is 1.29 bits per heavy atom. The molecule has 0 aliphatic heterocycles. The third-order valence-electron chi connectivity index (χ3n) is 3.92. The van der Waals surface area contributed by atoms with Crippen LogP contribution in [0.4, 0.5) is 4.79 Å². The molecule has 0 unspecified atom stereocenters. The first-order chi connectivity index (χ1) is 11.7. The van der Waals surface area contributed by atoms with Crippen LogP contribution in [-0.2, 0) is 17.8 Å². The number of hydrogen-bond acceptors (Lipinski definition) is 5. The largest absolute Gasteiger partial charge is 0.444 e. The van der Waals surface area contributed by atoms with Crippen molar-refractivity contribution in [1.82, 2.24) is 15.6 Å². The van der Waals surface area contributed by atoms with Crippen molar-refractivity contribution in [3.63, 3.8) is 0 Å². The molecule has 2 rings (SSSR count). The van der Waals surface area contributed by atoms with Gasteiger partial charge in [0.1, 0.15) is 6.61 Å². The number of aromatic nitrogens is 1. The number of amides is 1. The zero-order chi connectivity index (χ0) is 17.2. The van der Waals surface area contributed by atoms with Crippen LogP contribution in [-0.4, -0.2) is 30.2 Å². The second kappa shape index (κ2) is 10.1. The van der Waals surface area contributed by atoms with Crippen LogP contribution in [0, 0.1) is 0 Å². The molecule has 2 atom stereocenters. The molecule has 0 fully saturated rings. The summed E-state index contributed by atoms with van der Waals surface area (Å²) in [4.78, 5) is 17.0. The van der Waals surface area contributed by atoms with E-state index in [2.05, 4.69) is 34.7 Å². The first-order valence-corrected chi connectivity index (χ1v) is 9.07. The highest BCUT2D eigenvalue weighted by Crippen LogP contribution is 2.11.